The molecule has 1 aliphatic heterocycles. The Hall–Kier alpha value is -0.782. The van der Waals surface area contributed by atoms with Crippen molar-refractivity contribution in [2.24, 2.45) is 0 Å². The van der Waals surface area contributed by atoms with E-state index >= 15 is 0 Å². The molecule has 1 fully saturated rings. The van der Waals surface area contributed by atoms with Gasteiger partial charge in [-0.3, -0.25) is 0 Å². The van der Waals surface area contributed by atoms with E-state index in [0.717, 1.165) is 6.61 Å². The molecule has 0 amide bonds. The molecule has 0 spiro atoms. The summed E-state index contributed by atoms with van der Waals surface area (Å²) >= 11 is 1.50. The van der Waals surface area contributed by atoms with Gasteiger partial charge < -0.3 is 0 Å². The summed E-state index contributed by atoms with van der Waals surface area (Å²) in [5, 5.41) is 0. The fraction of sp³-hybridized carbons (Fsp3) is 0.333. The van der Waals surface area contributed by atoms with E-state index in [4.69, 9.17) is 28.0 Å². The van der Waals surface area contributed by atoms with Crippen molar-refractivity contribution >= 4 is 4.08 Å². The Bertz CT molecular complexity index is 182. The summed E-state index contributed by atoms with van der Waals surface area (Å²) in [5.41, 5.74) is 0. The van der Waals surface area contributed by atoms with Crippen LogP contribution in [0.5, 0.6) is 0 Å². The molecule has 16 heavy (non-hydrogen) atoms. The van der Waals surface area contributed by atoms with Crippen LogP contribution in [0.25, 0.3) is 0 Å². The van der Waals surface area contributed by atoms with E-state index in [9.17, 15) is 0 Å². The maximum absolute atomic E-state index is 7.50. The fourth-order valence-corrected chi connectivity index (χ4v) is 1.29. The van der Waals surface area contributed by atoms with Gasteiger partial charge in [-0.1, -0.05) is 0 Å². The molecule has 1 rings (SSSR count). The second-order valence-electron chi connectivity index (χ2n) is 1.32. The maximum atomic E-state index is 7.50. The second-order valence-corrected chi connectivity index (χ2v) is 2.96. The first-order valence-corrected chi connectivity index (χ1v) is 4.54. The fourth-order valence-electron chi connectivity index (χ4n) is 0.475. The van der Waals surface area contributed by atoms with E-state index < -0.39 is 0 Å². The summed E-state index contributed by atoms with van der Waals surface area (Å²) in [7, 11) is 0. The Labute approximate surface area is 104 Å². The summed E-state index contributed by atoms with van der Waals surface area (Å²) < 4.78 is 43.9. The molecule has 0 radical (unpaired) electrons. The predicted octanol–water partition coefficient (Wildman–Crippen LogP) is 0.286. The van der Waals surface area contributed by atoms with Crippen molar-refractivity contribution in [3.63, 3.8) is 0 Å². The van der Waals surface area contributed by atoms with Gasteiger partial charge in [-0.25, -0.2) is 0 Å². The van der Waals surface area contributed by atoms with Crippen molar-refractivity contribution in [1.29, 1.82) is 0 Å². The van der Waals surface area contributed by atoms with Gasteiger partial charge in [0.2, 0.25) is 0 Å². The van der Waals surface area contributed by atoms with Crippen LogP contribution in [-0.2, 0) is 47.4 Å². The van der Waals surface area contributed by atoms with Crippen LogP contribution in [0.3, 0.4) is 0 Å². The standard InChI is InChI=1S/C4H6O.5CO.W/c1-2-4-5-3-1;5*1-2;/h1-3H2;;;;;;. The van der Waals surface area contributed by atoms with Crippen molar-refractivity contribution in [3.05, 3.63) is 33.3 Å². The van der Waals surface area contributed by atoms with Crippen molar-refractivity contribution in [2.45, 2.75) is 12.8 Å². The first-order valence-electron chi connectivity index (χ1n) is 3.07. The minimum absolute atomic E-state index is 0.971. The summed E-state index contributed by atoms with van der Waals surface area (Å²) in [6.45, 7) is 23.5. The number of ether oxygens (including phenoxy) is 1. The van der Waals surface area contributed by atoms with Crippen LogP contribution in [0.1, 0.15) is 12.8 Å². The van der Waals surface area contributed by atoms with E-state index in [-0.39, 0.29) is 0 Å². The Morgan fingerprint density at radius 2 is 1.12 bits per heavy atom. The van der Waals surface area contributed by atoms with Gasteiger partial charge in [0.05, 0.1) is 0 Å². The summed E-state index contributed by atoms with van der Waals surface area (Å²) in [6.07, 6.45) is 2.47. The first-order chi connectivity index (χ1) is 7.89. The number of hydrogen-bond acceptors (Lipinski definition) is 1. The first kappa shape index (κ1) is 29.5. The molecule has 0 bridgehead atoms. The zero-order valence-corrected chi connectivity index (χ0v) is 10.9. The van der Waals surface area contributed by atoms with Crippen LogP contribution in [0.4, 0.5) is 0 Å². The third kappa shape index (κ3) is 51.0. The Balaban J connectivity index is -0.0000000351. The summed E-state index contributed by atoms with van der Waals surface area (Å²) in [5.74, 6) is 0. The number of hydrogen-bond donors (Lipinski definition) is 0. The molecule has 0 aromatic carbocycles. The van der Waals surface area contributed by atoms with E-state index in [2.05, 4.69) is 33.3 Å². The molecule has 84 valence electrons. The Morgan fingerprint density at radius 1 is 0.812 bits per heavy atom. The molecule has 0 aromatic rings. The van der Waals surface area contributed by atoms with Crippen molar-refractivity contribution in [3.8, 4) is 0 Å². The summed E-state index contributed by atoms with van der Waals surface area (Å²) in [4.78, 5) is 0. The van der Waals surface area contributed by atoms with Gasteiger partial charge >= 0.3 is 104 Å². The molecule has 0 aromatic heterocycles. The Morgan fingerprint density at radius 3 is 1.19 bits per heavy atom. The third-order valence-corrected chi connectivity index (χ3v) is 1.95. The molecule has 7 heteroatoms. The molecular formula is C9H6O6W. The topological polar surface area (TPSA) is 109 Å². The van der Waals surface area contributed by atoms with Crippen LogP contribution in [0.2, 0.25) is 0 Å². The zero-order valence-electron chi connectivity index (χ0n) is 7.98. The predicted molar refractivity (Wildman–Crippen MR) is 39.8 cm³/mol. The van der Waals surface area contributed by atoms with Gasteiger partial charge in [0.1, 0.15) is 0 Å². The van der Waals surface area contributed by atoms with Crippen LogP contribution in [-0.4, -0.2) is 10.7 Å². The number of rotatable bonds is 0. The average Bonchev–Trinajstić information content (AvgIpc) is 2.92. The molecule has 0 N–H and O–H groups in total. The third-order valence-electron chi connectivity index (χ3n) is 0.788. The van der Waals surface area contributed by atoms with Crippen molar-refractivity contribution in [2.75, 3.05) is 6.61 Å². The molecule has 1 aliphatic rings. The Kier molecular flexibility index (Phi) is 118. The minimum atomic E-state index is 0.971. The van der Waals surface area contributed by atoms with Gasteiger partial charge in [-0.2, -0.15) is 0 Å². The van der Waals surface area contributed by atoms with Crippen LogP contribution in [0, 0.1) is 33.3 Å². The van der Waals surface area contributed by atoms with Crippen LogP contribution in [0.15, 0.2) is 0 Å². The monoisotopic (exact) mass is 394 g/mol. The molecule has 0 saturated carbocycles. The van der Waals surface area contributed by atoms with Crippen molar-refractivity contribution in [1.82, 2.24) is 0 Å². The summed E-state index contributed by atoms with van der Waals surface area (Å²) in [6, 6.07) is 0. The second kappa shape index (κ2) is 64.2. The normalized spacial score (nSPS) is 9.00. The molecule has 6 nitrogen and oxygen atoms in total. The van der Waals surface area contributed by atoms with Gasteiger partial charge in [-0.05, 0) is 0 Å². The molecular weight excluding hydrogens is 388 g/mol. The molecule has 1 heterocycles. The quantitative estimate of drug-likeness (QED) is 0.427. The molecule has 0 atom stereocenters. The van der Waals surface area contributed by atoms with Gasteiger partial charge in [0, 0.05) is 0 Å². The van der Waals surface area contributed by atoms with Crippen LogP contribution < -0.4 is 0 Å². The van der Waals surface area contributed by atoms with E-state index in [0.29, 0.717) is 0 Å². The van der Waals surface area contributed by atoms with E-state index in [1.807, 2.05) is 0 Å². The molecule has 0 unspecified atom stereocenters. The van der Waals surface area contributed by atoms with Crippen LogP contribution >= 0.6 is 0 Å². The molecule has 0 aliphatic carbocycles. The SMILES string of the molecule is [C-]#[O+].[C-]#[O+].[C-]#[O+].[C-]#[O+].[C-]#[O+].[W]=[C]1CCCO1. The van der Waals surface area contributed by atoms with Gasteiger partial charge in [-0.15, -0.1) is 0 Å². The van der Waals surface area contributed by atoms with E-state index in [1.165, 1.54) is 36.3 Å². The zero-order chi connectivity index (χ0) is 14.4. The van der Waals surface area contributed by atoms with E-state index in [1.54, 1.807) is 0 Å². The molecule has 1 saturated heterocycles. The van der Waals surface area contributed by atoms with Gasteiger partial charge in [0.25, 0.3) is 0 Å². The van der Waals surface area contributed by atoms with Crippen molar-refractivity contribution < 1.29 is 47.4 Å². The average molecular weight is 394 g/mol. The van der Waals surface area contributed by atoms with Gasteiger partial charge in [0.15, 0.2) is 0 Å².